The Morgan fingerprint density at radius 1 is 1.23 bits per heavy atom. The largest absolute Gasteiger partial charge is 0.486 e. The molecule has 1 aromatic rings. The fraction of sp³-hybridized carbons (Fsp3) is 0.562. The average Bonchev–Trinajstić information content (AvgIpc) is 2.55. The van der Waals surface area contributed by atoms with E-state index in [0.717, 1.165) is 43.4 Å². The predicted molar refractivity (Wildman–Crippen MR) is 82.9 cm³/mol. The van der Waals surface area contributed by atoms with E-state index in [2.05, 4.69) is 4.90 Å². The molecule has 2 aliphatic rings. The van der Waals surface area contributed by atoms with Crippen LogP contribution in [0.25, 0.3) is 0 Å². The van der Waals surface area contributed by atoms with E-state index < -0.39 is 5.97 Å². The van der Waals surface area contributed by atoms with Gasteiger partial charge in [-0.15, -0.1) is 0 Å². The molecule has 0 amide bonds. The van der Waals surface area contributed by atoms with E-state index in [9.17, 15) is 9.90 Å². The average molecular weight is 306 g/mol. The Kier molecular flexibility index (Phi) is 4.38. The molecule has 1 atom stereocenters. The normalized spacial score (nSPS) is 19.8. The molecule has 0 aromatic heterocycles. The molecule has 22 heavy (non-hydrogen) atoms. The SMILES string of the molecule is CC[C@H](C(=O)O)N1CCN(c2cccc3c2OCCO3)CC1. The molecule has 1 fully saturated rings. The minimum Gasteiger partial charge on any atom is -0.486 e. The van der Waals surface area contributed by atoms with E-state index in [1.54, 1.807) is 0 Å². The first kappa shape index (κ1) is 15.0. The Balaban J connectivity index is 1.71. The second kappa shape index (κ2) is 6.44. The maximum atomic E-state index is 11.3. The number of carbonyl (C=O) groups is 1. The highest BCUT2D eigenvalue weighted by Gasteiger charge is 2.29. The predicted octanol–water partition coefficient (Wildman–Crippen LogP) is 1.44. The number of carboxylic acid groups (broad SMARTS) is 1. The van der Waals surface area contributed by atoms with Gasteiger partial charge in [-0.05, 0) is 18.6 Å². The number of anilines is 1. The van der Waals surface area contributed by atoms with Gasteiger partial charge in [0, 0.05) is 26.2 Å². The van der Waals surface area contributed by atoms with Gasteiger partial charge in [0.25, 0.3) is 0 Å². The molecule has 6 heteroatoms. The monoisotopic (exact) mass is 306 g/mol. The molecular weight excluding hydrogens is 284 g/mol. The number of carboxylic acids is 1. The quantitative estimate of drug-likeness (QED) is 0.908. The third-order valence-electron chi connectivity index (χ3n) is 4.31. The molecular formula is C16H22N2O4. The smallest absolute Gasteiger partial charge is 0.320 e. The Labute approximate surface area is 130 Å². The summed E-state index contributed by atoms with van der Waals surface area (Å²) < 4.78 is 11.4. The van der Waals surface area contributed by atoms with Crippen molar-refractivity contribution in [3.05, 3.63) is 18.2 Å². The number of fused-ring (bicyclic) bond motifs is 1. The third kappa shape index (κ3) is 2.83. The number of nitrogens with zero attached hydrogens (tertiary/aromatic N) is 2. The number of benzene rings is 1. The van der Waals surface area contributed by atoms with Crippen LogP contribution in [0.3, 0.4) is 0 Å². The van der Waals surface area contributed by atoms with Crippen molar-refractivity contribution in [1.82, 2.24) is 4.90 Å². The number of hydrogen-bond donors (Lipinski definition) is 1. The maximum Gasteiger partial charge on any atom is 0.320 e. The molecule has 0 bridgehead atoms. The van der Waals surface area contributed by atoms with Gasteiger partial charge in [0.05, 0.1) is 5.69 Å². The van der Waals surface area contributed by atoms with Gasteiger partial charge in [0.15, 0.2) is 11.5 Å². The third-order valence-corrected chi connectivity index (χ3v) is 4.31. The summed E-state index contributed by atoms with van der Waals surface area (Å²) in [7, 11) is 0. The van der Waals surface area contributed by atoms with E-state index >= 15 is 0 Å². The minimum atomic E-state index is -0.732. The van der Waals surface area contributed by atoms with Crippen LogP contribution in [0, 0.1) is 0 Å². The first-order valence-electron chi connectivity index (χ1n) is 7.81. The van der Waals surface area contributed by atoms with Crippen molar-refractivity contribution in [2.24, 2.45) is 0 Å². The van der Waals surface area contributed by atoms with E-state index in [1.807, 2.05) is 30.0 Å². The number of para-hydroxylation sites is 1. The molecule has 120 valence electrons. The van der Waals surface area contributed by atoms with Gasteiger partial charge < -0.3 is 19.5 Å². The Bertz CT molecular complexity index is 541. The lowest BCUT2D eigenvalue weighted by Crippen LogP contribution is -2.52. The van der Waals surface area contributed by atoms with Crippen molar-refractivity contribution < 1.29 is 19.4 Å². The van der Waals surface area contributed by atoms with Crippen molar-refractivity contribution in [1.29, 1.82) is 0 Å². The summed E-state index contributed by atoms with van der Waals surface area (Å²) in [6, 6.07) is 5.55. The molecule has 0 saturated carbocycles. The first-order valence-corrected chi connectivity index (χ1v) is 7.81. The van der Waals surface area contributed by atoms with Gasteiger partial charge in [-0.3, -0.25) is 9.69 Å². The van der Waals surface area contributed by atoms with Crippen molar-refractivity contribution >= 4 is 11.7 Å². The number of hydrogen-bond acceptors (Lipinski definition) is 5. The lowest BCUT2D eigenvalue weighted by molar-refractivity contribution is -0.143. The lowest BCUT2D eigenvalue weighted by atomic mass is 10.1. The van der Waals surface area contributed by atoms with Crippen LogP contribution in [-0.4, -0.2) is 61.4 Å². The molecule has 0 spiro atoms. The molecule has 2 heterocycles. The summed E-state index contributed by atoms with van der Waals surface area (Å²) in [5.41, 5.74) is 1.04. The molecule has 3 rings (SSSR count). The Morgan fingerprint density at radius 3 is 2.64 bits per heavy atom. The summed E-state index contributed by atoms with van der Waals surface area (Å²) in [4.78, 5) is 15.6. The summed E-state index contributed by atoms with van der Waals surface area (Å²) in [6.07, 6.45) is 0.632. The molecule has 1 N–H and O–H groups in total. The van der Waals surface area contributed by atoms with Crippen molar-refractivity contribution in [2.45, 2.75) is 19.4 Å². The van der Waals surface area contributed by atoms with Crippen LogP contribution >= 0.6 is 0 Å². The van der Waals surface area contributed by atoms with E-state index in [1.165, 1.54) is 0 Å². The molecule has 1 saturated heterocycles. The second-order valence-corrected chi connectivity index (χ2v) is 5.59. The lowest BCUT2D eigenvalue weighted by Gasteiger charge is -2.39. The topological polar surface area (TPSA) is 62.2 Å². The van der Waals surface area contributed by atoms with Gasteiger partial charge >= 0.3 is 5.97 Å². The zero-order chi connectivity index (χ0) is 15.5. The summed E-state index contributed by atoms with van der Waals surface area (Å²) in [5, 5.41) is 9.27. The van der Waals surface area contributed by atoms with E-state index in [-0.39, 0.29) is 6.04 Å². The summed E-state index contributed by atoms with van der Waals surface area (Å²) >= 11 is 0. The van der Waals surface area contributed by atoms with Gasteiger partial charge in [0.1, 0.15) is 19.3 Å². The van der Waals surface area contributed by atoms with Gasteiger partial charge in [-0.1, -0.05) is 13.0 Å². The van der Waals surface area contributed by atoms with Gasteiger partial charge in [-0.25, -0.2) is 0 Å². The highest BCUT2D eigenvalue weighted by atomic mass is 16.6. The highest BCUT2D eigenvalue weighted by Crippen LogP contribution is 2.39. The number of piperazine rings is 1. The Hall–Kier alpha value is -1.95. The summed E-state index contributed by atoms with van der Waals surface area (Å²) in [5.74, 6) is 0.875. The number of ether oxygens (including phenoxy) is 2. The van der Waals surface area contributed by atoms with Crippen LogP contribution in [0.2, 0.25) is 0 Å². The molecule has 1 aromatic carbocycles. The van der Waals surface area contributed by atoms with Gasteiger partial charge in [0.2, 0.25) is 0 Å². The number of aliphatic carboxylic acids is 1. The molecule has 0 unspecified atom stereocenters. The van der Waals surface area contributed by atoms with Crippen molar-refractivity contribution in [3.63, 3.8) is 0 Å². The van der Waals surface area contributed by atoms with E-state index in [4.69, 9.17) is 9.47 Å². The zero-order valence-corrected chi connectivity index (χ0v) is 12.8. The summed E-state index contributed by atoms with van der Waals surface area (Å²) in [6.45, 7) is 6.16. The van der Waals surface area contributed by atoms with Crippen LogP contribution in [0.1, 0.15) is 13.3 Å². The molecule has 6 nitrogen and oxygen atoms in total. The van der Waals surface area contributed by atoms with Crippen LogP contribution in [0.15, 0.2) is 18.2 Å². The molecule has 0 aliphatic carbocycles. The Morgan fingerprint density at radius 2 is 1.95 bits per heavy atom. The zero-order valence-electron chi connectivity index (χ0n) is 12.8. The standard InChI is InChI=1S/C16H22N2O4/c1-2-12(16(19)20)17-6-8-18(9-7-17)13-4-3-5-14-15(13)22-11-10-21-14/h3-5,12H,2,6-11H2,1H3,(H,19,20)/t12-/m1/s1. The van der Waals surface area contributed by atoms with Crippen LogP contribution in [-0.2, 0) is 4.79 Å². The first-order chi connectivity index (χ1) is 10.7. The van der Waals surface area contributed by atoms with Gasteiger partial charge in [-0.2, -0.15) is 0 Å². The fourth-order valence-corrected chi connectivity index (χ4v) is 3.17. The number of rotatable bonds is 4. The maximum absolute atomic E-state index is 11.3. The molecule has 2 aliphatic heterocycles. The van der Waals surface area contributed by atoms with Crippen LogP contribution in [0.4, 0.5) is 5.69 Å². The minimum absolute atomic E-state index is 0.383. The van der Waals surface area contributed by atoms with Crippen molar-refractivity contribution in [2.75, 3.05) is 44.3 Å². The van der Waals surface area contributed by atoms with Crippen LogP contribution in [0.5, 0.6) is 11.5 Å². The second-order valence-electron chi connectivity index (χ2n) is 5.59. The van der Waals surface area contributed by atoms with E-state index in [0.29, 0.717) is 19.6 Å². The van der Waals surface area contributed by atoms with Crippen molar-refractivity contribution in [3.8, 4) is 11.5 Å². The fourth-order valence-electron chi connectivity index (χ4n) is 3.17. The highest BCUT2D eigenvalue weighted by molar-refractivity contribution is 5.73. The van der Waals surface area contributed by atoms with Crippen LogP contribution < -0.4 is 14.4 Å². The molecule has 0 radical (unpaired) electrons.